The molecule has 0 saturated heterocycles. The van der Waals surface area contributed by atoms with Crippen LogP contribution in [0.1, 0.15) is 40.5 Å². The molecule has 2 nitrogen and oxygen atoms in total. The van der Waals surface area contributed by atoms with Crippen molar-refractivity contribution in [1.29, 1.82) is 0 Å². The summed E-state index contributed by atoms with van der Waals surface area (Å²) in [6.45, 7) is 10.2. The van der Waals surface area contributed by atoms with Gasteiger partial charge in [0.15, 0.2) is 0 Å². The molecule has 0 radical (unpaired) electrons. The molecule has 0 unspecified atom stereocenters. The Bertz CT molecular complexity index is 262. The Morgan fingerprint density at radius 1 is 1.24 bits per heavy atom. The van der Waals surface area contributed by atoms with Gasteiger partial charge in [-0.25, -0.2) is 0 Å². The summed E-state index contributed by atoms with van der Waals surface area (Å²) in [7, 11) is 0. The van der Waals surface area contributed by atoms with Crippen LogP contribution in [0.25, 0.3) is 0 Å². The lowest BCUT2D eigenvalue weighted by molar-refractivity contribution is 0.176. The average Bonchev–Trinajstić information content (AvgIpc) is 2.38. The third kappa shape index (κ3) is 7.81. The Balaban J connectivity index is 0.00000121. The third-order valence-electron chi connectivity index (χ3n) is 2.30. The number of hydrogen-bond acceptors (Lipinski definition) is 2. The highest BCUT2D eigenvalue weighted by Gasteiger charge is 2.03. The summed E-state index contributed by atoms with van der Waals surface area (Å²) < 4.78 is 10.8. The first-order valence-electron chi connectivity index (χ1n) is 6.56. The Hall–Kier alpha value is -1.02. The van der Waals surface area contributed by atoms with Crippen molar-refractivity contribution < 1.29 is 9.47 Å². The predicted molar refractivity (Wildman–Crippen MR) is 74.0 cm³/mol. The molecule has 0 saturated carbocycles. The van der Waals surface area contributed by atoms with E-state index < -0.39 is 0 Å². The predicted octanol–water partition coefficient (Wildman–Crippen LogP) is 4.25. The Labute approximate surface area is 106 Å². The van der Waals surface area contributed by atoms with Crippen molar-refractivity contribution in [2.24, 2.45) is 0 Å². The second-order valence-corrected chi connectivity index (χ2v) is 3.53. The first kappa shape index (κ1) is 16.0. The van der Waals surface area contributed by atoms with Crippen molar-refractivity contribution in [3.05, 3.63) is 35.6 Å². The van der Waals surface area contributed by atoms with Crippen LogP contribution < -0.4 is 0 Å². The minimum absolute atomic E-state index is 0.629. The van der Waals surface area contributed by atoms with Gasteiger partial charge in [-0.2, -0.15) is 0 Å². The van der Waals surface area contributed by atoms with E-state index in [0.717, 1.165) is 25.2 Å². The van der Waals surface area contributed by atoms with Gasteiger partial charge < -0.3 is 9.47 Å². The highest BCUT2D eigenvalue weighted by molar-refractivity contribution is 5.23. The van der Waals surface area contributed by atoms with Crippen LogP contribution in [-0.2, 0) is 9.47 Å². The van der Waals surface area contributed by atoms with Crippen LogP contribution >= 0.6 is 0 Å². The van der Waals surface area contributed by atoms with E-state index in [4.69, 9.17) is 9.47 Å². The first-order valence-corrected chi connectivity index (χ1v) is 6.56. The fraction of sp³-hybridized carbons (Fsp3) is 0.600. The van der Waals surface area contributed by atoms with Gasteiger partial charge in [0, 0.05) is 6.61 Å². The van der Waals surface area contributed by atoms with Crippen molar-refractivity contribution in [2.75, 3.05) is 19.8 Å². The summed E-state index contributed by atoms with van der Waals surface area (Å²) in [6, 6.07) is 0. The Kier molecular flexibility index (Phi) is 10.8. The van der Waals surface area contributed by atoms with E-state index in [2.05, 4.69) is 19.1 Å². The van der Waals surface area contributed by atoms with Crippen LogP contribution in [0.15, 0.2) is 35.6 Å². The normalized spacial score (nSPS) is 14.8. The highest BCUT2D eigenvalue weighted by atomic mass is 16.5. The monoisotopic (exact) mass is 238 g/mol. The van der Waals surface area contributed by atoms with Gasteiger partial charge in [-0.1, -0.05) is 26.0 Å². The summed E-state index contributed by atoms with van der Waals surface area (Å²) in [5.41, 5.74) is 1.34. The summed E-state index contributed by atoms with van der Waals surface area (Å²) in [6.07, 6.45) is 10.5. The Morgan fingerprint density at radius 3 is 2.59 bits per heavy atom. The van der Waals surface area contributed by atoms with Gasteiger partial charge >= 0.3 is 0 Å². The van der Waals surface area contributed by atoms with E-state index in [0.29, 0.717) is 13.2 Å². The standard InChI is InChI=1S/C13H20O2.C2H6/c1-3-14-10-6-7-11-15-13-9-5-4-8-12(13)2;1-2/h5-7,9H,3-4,8,10-11H2,1-2H3;1-2H3/b7-6+;. The fourth-order valence-corrected chi connectivity index (χ4v) is 1.39. The second kappa shape index (κ2) is 11.5. The third-order valence-corrected chi connectivity index (χ3v) is 2.30. The van der Waals surface area contributed by atoms with E-state index in [-0.39, 0.29) is 0 Å². The number of hydrogen-bond donors (Lipinski definition) is 0. The maximum atomic E-state index is 5.63. The summed E-state index contributed by atoms with van der Waals surface area (Å²) in [4.78, 5) is 0. The number of rotatable bonds is 6. The molecule has 0 fully saturated rings. The molecule has 17 heavy (non-hydrogen) atoms. The summed E-state index contributed by atoms with van der Waals surface area (Å²) in [5, 5.41) is 0. The molecular weight excluding hydrogens is 212 g/mol. The van der Waals surface area contributed by atoms with E-state index in [1.807, 2.05) is 32.9 Å². The molecule has 0 N–H and O–H groups in total. The van der Waals surface area contributed by atoms with Crippen molar-refractivity contribution in [3.8, 4) is 0 Å². The van der Waals surface area contributed by atoms with Gasteiger partial charge in [0.2, 0.25) is 0 Å². The van der Waals surface area contributed by atoms with Crippen LogP contribution in [-0.4, -0.2) is 19.8 Å². The molecule has 0 amide bonds. The molecule has 0 aromatic carbocycles. The molecule has 1 rings (SSSR count). The molecule has 0 spiro atoms. The number of allylic oxidation sites excluding steroid dienone is 3. The minimum Gasteiger partial charge on any atom is -0.490 e. The maximum absolute atomic E-state index is 5.63. The van der Waals surface area contributed by atoms with Crippen LogP contribution in [0.5, 0.6) is 0 Å². The molecule has 98 valence electrons. The van der Waals surface area contributed by atoms with Crippen LogP contribution in [0.4, 0.5) is 0 Å². The van der Waals surface area contributed by atoms with E-state index in [9.17, 15) is 0 Å². The average molecular weight is 238 g/mol. The number of ether oxygens (including phenoxy) is 2. The van der Waals surface area contributed by atoms with Crippen LogP contribution in [0.3, 0.4) is 0 Å². The van der Waals surface area contributed by atoms with Crippen molar-refractivity contribution in [1.82, 2.24) is 0 Å². The van der Waals surface area contributed by atoms with Gasteiger partial charge in [0.05, 0.1) is 6.61 Å². The molecule has 0 aromatic heterocycles. The lowest BCUT2D eigenvalue weighted by atomic mass is 10.1. The smallest absolute Gasteiger partial charge is 0.118 e. The molecule has 1 aliphatic carbocycles. The lowest BCUT2D eigenvalue weighted by Crippen LogP contribution is -1.97. The topological polar surface area (TPSA) is 18.5 Å². The molecule has 0 aliphatic heterocycles. The highest BCUT2D eigenvalue weighted by Crippen LogP contribution is 2.18. The van der Waals surface area contributed by atoms with Crippen molar-refractivity contribution in [2.45, 2.75) is 40.5 Å². The fourth-order valence-electron chi connectivity index (χ4n) is 1.39. The van der Waals surface area contributed by atoms with Gasteiger partial charge in [-0.15, -0.1) is 0 Å². The molecular formula is C15H26O2. The molecule has 0 heterocycles. The summed E-state index contributed by atoms with van der Waals surface area (Å²) in [5.74, 6) is 1.03. The SMILES string of the molecule is CC.CCOC/C=C/COC1=C(C)CCC=C1. The maximum Gasteiger partial charge on any atom is 0.118 e. The van der Waals surface area contributed by atoms with Crippen LogP contribution in [0.2, 0.25) is 0 Å². The van der Waals surface area contributed by atoms with Crippen LogP contribution in [0, 0.1) is 0 Å². The van der Waals surface area contributed by atoms with Gasteiger partial charge in [0.25, 0.3) is 0 Å². The minimum atomic E-state index is 0.629. The zero-order chi connectivity index (χ0) is 12.9. The largest absolute Gasteiger partial charge is 0.490 e. The molecule has 0 aromatic rings. The van der Waals surface area contributed by atoms with E-state index in [1.165, 1.54) is 5.57 Å². The lowest BCUT2D eigenvalue weighted by Gasteiger charge is -2.12. The van der Waals surface area contributed by atoms with Gasteiger partial charge in [-0.3, -0.25) is 0 Å². The second-order valence-electron chi connectivity index (χ2n) is 3.53. The van der Waals surface area contributed by atoms with Gasteiger partial charge in [0.1, 0.15) is 12.4 Å². The molecule has 2 heteroatoms. The zero-order valence-corrected chi connectivity index (χ0v) is 11.7. The van der Waals surface area contributed by atoms with Gasteiger partial charge in [-0.05, 0) is 44.4 Å². The van der Waals surface area contributed by atoms with E-state index >= 15 is 0 Å². The molecule has 0 bridgehead atoms. The molecule has 0 atom stereocenters. The zero-order valence-electron chi connectivity index (χ0n) is 11.7. The van der Waals surface area contributed by atoms with Crippen molar-refractivity contribution in [3.63, 3.8) is 0 Å². The Morgan fingerprint density at radius 2 is 1.94 bits per heavy atom. The summed E-state index contributed by atoms with van der Waals surface area (Å²) >= 11 is 0. The quantitative estimate of drug-likeness (QED) is 0.509. The van der Waals surface area contributed by atoms with Crippen molar-refractivity contribution >= 4 is 0 Å². The first-order chi connectivity index (χ1) is 8.34. The van der Waals surface area contributed by atoms with E-state index in [1.54, 1.807) is 0 Å². The molecule has 1 aliphatic rings.